The maximum Gasteiger partial charge on any atom is 0.306 e. The van der Waals surface area contributed by atoms with Crippen LogP contribution in [0.25, 0.3) is 0 Å². The van der Waals surface area contributed by atoms with E-state index in [2.05, 4.69) is 22.5 Å². The normalized spacial score (nSPS) is 9.27. The molecule has 3 heteroatoms. The van der Waals surface area contributed by atoms with Gasteiger partial charge in [0.15, 0.2) is 0 Å². The minimum absolute atomic E-state index is 0.146. The van der Waals surface area contributed by atoms with Crippen molar-refractivity contribution >= 4 is 21.9 Å². The third-order valence-electron chi connectivity index (χ3n) is 1.07. The van der Waals surface area contributed by atoms with Crippen LogP contribution in [0.1, 0.15) is 26.2 Å². The van der Waals surface area contributed by atoms with Gasteiger partial charge in [-0.05, 0) is 17.3 Å². The van der Waals surface area contributed by atoms with Gasteiger partial charge in [0, 0.05) is 0 Å². The first kappa shape index (κ1) is 10.7. The molecule has 0 aromatic heterocycles. The molecule has 0 saturated carbocycles. The van der Waals surface area contributed by atoms with Gasteiger partial charge < -0.3 is 4.74 Å². The minimum atomic E-state index is -0.146. The summed E-state index contributed by atoms with van der Waals surface area (Å²) in [5.41, 5.74) is 0. The summed E-state index contributed by atoms with van der Waals surface area (Å²) < 4.78 is 5.68. The first-order chi connectivity index (χ1) is 5.16. The molecule has 0 spiro atoms. The maximum absolute atomic E-state index is 10.8. The largest absolute Gasteiger partial charge is 0.466 e. The van der Waals surface area contributed by atoms with Crippen molar-refractivity contribution in [1.82, 2.24) is 0 Å². The summed E-state index contributed by atoms with van der Waals surface area (Å²) in [6.07, 6.45) is 1.95. The second kappa shape index (κ2) is 6.40. The highest BCUT2D eigenvalue weighted by molar-refractivity contribution is 9.11. The molecule has 0 aliphatic rings. The predicted molar refractivity (Wildman–Crippen MR) is 48.6 cm³/mol. The summed E-state index contributed by atoms with van der Waals surface area (Å²) in [4.78, 5) is 10.8. The smallest absolute Gasteiger partial charge is 0.306 e. The lowest BCUT2D eigenvalue weighted by Gasteiger charge is -2.01. The van der Waals surface area contributed by atoms with Crippen molar-refractivity contribution in [1.29, 1.82) is 0 Å². The topological polar surface area (TPSA) is 26.3 Å². The van der Waals surface area contributed by atoms with Crippen molar-refractivity contribution < 1.29 is 9.53 Å². The number of esters is 1. The Balaban J connectivity index is 3.30. The molecular weight excluding hydrogens is 208 g/mol. The van der Waals surface area contributed by atoms with Crippen LogP contribution in [0.3, 0.4) is 0 Å². The maximum atomic E-state index is 10.8. The molecule has 0 atom stereocenters. The van der Waals surface area contributed by atoms with Gasteiger partial charge in [0.2, 0.25) is 0 Å². The van der Waals surface area contributed by atoms with Gasteiger partial charge in [0.1, 0.15) is 0 Å². The zero-order valence-electron chi connectivity index (χ0n) is 6.73. The molecule has 0 amide bonds. The summed E-state index contributed by atoms with van der Waals surface area (Å²) in [7, 11) is 0. The van der Waals surface area contributed by atoms with Crippen LogP contribution >= 0.6 is 15.9 Å². The Morgan fingerprint density at radius 2 is 2.18 bits per heavy atom. The Morgan fingerprint density at radius 3 is 2.64 bits per heavy atom. The zero-order valence-corrected chi connectivity index (χ0v) is 8.32. The molecule has 0 fully saturated rings. The van der Waals surface area contributed by atoms with E-state index < -0.39 is 0 Å². The lowest BCUT2D eigenvalue weighted by atomic mass is 10.3. The molecule has 11 heavy (non-hydrogen) atoms. The molecule has 0 bridgehead atoms. The fraction of sp³-hybridized carbons (Fsp3) is 0.625. The molecule has 0 N–H and O–H groups in total. The molecule has 0 aliphatic carbocycles. The molecule has 0 rings (SSSR count). The monoisotopic (exact) mass is 220 g/mol. The van der Waals surface area contributed by atoms with Crippen molar-refractivity contribution in [3.8, 4) is 0 Å². The SMILES string of the molecule is C=C(Br)CCC(=O)OCCC. The fourth-order valence-electron chi connectivity index (χ4n) is 0.526. The van der Waals surface area contributed by atoms with Gasteiger partial charge in [0.05, 0.1) is 13.0 Å². The standard InChI is InChI=1S/C8H13BrO2/c1-3-6-11-8(10)5-4-7(2)9/h2-6H2,1H3. The van der Waals surface area contributed by atoms with Crippen LogP contribution in [0.5, 0.6) is 0 Å². The summed E-state index contributed by atoms with van der Waals surface area (Å²) in [6.45, 7) is 6.11. The van der Waals surface area contributed by atoms with Crippen LogP contribution in [-0.2, 0) is 9.53 Å². The van der Waals surface area contributed by atoms with Crippen LogP contribution in [0.4, 0.5) is 0 Å². The number of hydrogen-bond donors (Lipinski definition) is 0. The highest BCUT2D eigenvalue weighted by atomic mass is 79.9. The fourth-order valence-corrected chi connectivity index (χ4v) is 0.724. The lowest BCUT2D eigenvalue weighted by molar-refractivity contribution is -0.143. The lowest BCUT2D eigenvalue weighted by Crippen LogP contribution is -2.04. The molecule has 2 nitrogen and oxygen atoms in total. The van der Waals surface area contributed by atoms with E-state index in [0.29, 0.717) is 19.4 Å². The van der Waals surface area contributed by atoms with Gasteiger partial charge in [-0.25, -0.2) is 0 Å². The van der Waals surface area contributed by atoms with E-state index in [1.807, 2.05) is 6.92 Å². The average molecular weight is 221 g/mol. The highest BCUT2D eigenvalue weighted by Gasteiger charge is 2.01. The van der Waals surface area contributed by atoms with E-state index in [4.69, 9.17) is 4.74 Å². The van der Waals surface area contributed by atoms with E-state index >= 15 is 0 Å². The molecule has 64 valence electrons. The van der Waals surface area contributed by atoms with E-state index in [1.54, 1.807) is 0 Å². The van der Waals surface area contributed by atoms with Crippen molar-refractivity contribution in [2.24, 2.45) is 0 Å². The first-order valence-corrected chi connectivity index (χ1v) is 4.45. The van der Waals surface area contributed by atoms with Crippen LogP contribution < -0.4 is 0 Å². The van der Waals surface area contributed by atoms with Crippen molar-refractivity contribution in [2.75, 3.05) is 6.61 Å². The quantitative estimate of drug-likeness (QED) is 0.667. The average Bonchev–Trinajstić information content (AvgIpc) is 1.97. The minimum Gasteiger partial charge on any atom is -0.466 e. The van der Waals surface area contributed by atoms with Gasteiger partial charge >= 0.3 is 5.97 Å². The van der Waals surface area contributed by atoms with Crippen LogP contribution in [0.15, 0.2) is 11.1 Å². The Hall–Kier alpha value is -0.310. The van der Waals surface area contributed by atoms with E-state index in [1.165, 1.54) is 0 Å². The molecular formula is C8H13BrO2. The number of ether oxygens (including phenoxy) is 1. The highest BCUT2D eigenvalue weighted by Crippen LogP contribution is 2.09. The molecule has 0 aromatic rings. The van der Waals surface area contributed by atoms with Crippen LogP contribution in [0.2, 0.25) is 0 Å². The molecule has 0 unspecified atom stereocenters. The Morgan fingerprint density at radius 1 is 1.55 bits per heavy atom. The van der Waals surface area contributed by atoms with Gasteiger partial charge in [-0.15, -0.1) is 0 Å². The number of carbonyl (C=O) groups is 1. The van der Waals surface area contributed by atoms with E-state index in [-0.39, 0.29) is 5.97 Å². The predicted octanol–water partition coefficient (Wildman–Crippen LogP) is 2.63. The summed E-state index contributed by atoms with van der Waals surface area (Å²) in [5.74, 6) is -0.146. The summed E-state index contributed by atoms with van der Waals surface area (Å²) in [6, 6.07) is 0. The molecule has 0 aromatic carbocycles. The Bertz CT molecular complexity index is 143. The molecule has 0 radical (unpaired) electrons. The molecule has 0 heterocycles. The van der Waals surface area contributed by atoms with Gasteiger partial charge in [0.25, 0.3) is 0 Å². The summed E-state index contributed by atoms with van der Waals surface area (Å²) >= 11 is 3.17. The third kappa shape index (κ3) is 7.59. The van der Waals surface area contributed by atoms with Gasteiger partial charge in [-0.2, -0.15) is 0 Å². The van der Waals surface area contributed by atoms with Crippen LogP contribution in [0, 0.1) is 0 Å². The number of allylic oxidation sites excluding steroid dienone is 1. The Kier molecular flexibility index (Phi) is 6.22. The van der Waals surface area contributed by atoms with Gasteiger partial charge in [-0.1, -0.05) is 29.4 Å². The van der Waals surface area contributed by atoms with Crippen molar-refractivity contribution in [3.63, 3.8) is 0 Å². The summed E-state index contributed by atoms with van der Waals surface area (Å²) in [5, 5.41) is 0. The Labute approximate surface area is 75.7 Å². The van der Waals surface area contributed by atoms with Crippen molar-refractivity contribution in [3.05, 3.63) is 11.1 Å². The number of carbonyl (C=O) groups excluding carboxylic acids is 1. The number of hydrogen-bond acceptors (Lipinski definition) is 2. The zero-order chi connectivity index (χ0) is 8.69. The number of halogens is 1. The second-order valence-electron chi connectivity index (χ2n) is 2.24. The van der Waals surface area contributed by atoms with E-state index in [0.717, 1.165) is 10.9 Å². The van der Waals surface area contributed by atoms with Crippen molar-refractivity contribution in [2.45, 2.75) is 26.2 Å². The van der Waals surface area contributed by atoms with E-state index in [9.17, 15) is 4.79 Å². The third-order valence-corrected chi connectivity index (χ3v) is 1.46. The second-order valence-corrected chi connectivity index (χ2v) is 3.36. The van der Waals surface area contributed by atoms with Gasteiger partial charge in [-0.3, -0.25) is 4.79 Å². The number of rotatable bonds is 5. The molecule has 0 saturated heterocycles. The molecule has 0 aliphatic heterocycles. The first-order valence-electron chi connectivity index (χ1n) is 3.65. The van der Waals surface area contributed by atoms with Crippen LogP contribution in [-0.4, -0.2) is 12.6 Å².